The Balaban J connectivity index is 1.41. The van der Waals surface area contributed by atoms with Gasteiger partial charge in [0.15, 0.2) is 0 Å². The van der Waals surface area contributed by atoms with E-state index in [1.54, 1.807) is 46.1 Å². The van der Waals surface area contributed by atoms with Gasteiger partial charge in [-0.15, -0.1) is 0 Å². The summed E-state index contributed by atoms with van der Waals surface area (Å²) < 4.78 is 22.3. The van der Waals surface area contributed by atoms with Crippen molar-refractivity contribution in [1.29, 1.82) is 5.26 Å². The Kier molecular flexibility index (Phi) is 7.84. The van der Waals surface area contributed by atoms with Crippen LogP contribution in [0.5, 0.6) is 5.88 Å². The van der Waals surface area contributed by atoms with Gasteiger partial charge in [0.2, 0.25) is 11.3 Å². The van der Waals surface area contributed by atoms with E-state index >= 15 is 0 Å². The first-order valence-corrected chi connectivity index (χ1v) is 14.4. The summed E-state index contributed by atoms with van der Waals surface area (Å²) in [5, 5.41) is 20.3. The molecule has 5 heterocycles. The predicted molar refractivity (Wildman–Crippen MR) is 164 cm³/mol. The summed E-state index contributed by atoms with van der Waals surface area (Å²) in [5.74, 6) is -0.389. The summed E-state index contributed by atoms with van der Waals surface area (Å²) in [6, 6.07) is 12.1. The van der Waals surface area contributed by atoms with E-state index < -0.39 is 29.2 Å². The van der Waals surface area contributed by atoms with Crippen LogP contribution in [0.15, 0.2) is 59.8 Å². The predicted octanol–water partition coefficient (Wildman–Crippen LogP) is 3.75. The summed E-state index contributed by atoms with van der Waals surface area (Å²) in [4.78, 5) is 40.1. The Bertz CT molecular complexity index is 1840. The number of rotatable bonds is 8. The van der Waals surface area contributed by atoms with Crippen molar-refractivity contribution >= 4 is 40.0 Å². The van der Waals surface area contributed by atoms with Crippen molar-refractivity contribution in [3.8, 4) is 17.6 Å². The average Bonchev–Trinajstić information content (AvgIpc) is 3.35. The maximum absolute atomic E-state index is 14.9. The molecule has 0 radical (unpaired) electrons. The summed E-state index contributed by atoms with van der Waals surface area (Å²) in [6.07, 6.45) is 3.38. The number of likely N-dealkylation sites (N-methyl/N-ethyl adjacent to an activating group) is 1. The zero-order valence-corrected chi connectivity index (χ0v) is 24.8. The Morgan fingerprint density at radius 2 is 2.02 bits per heavy atom. The minimum Gasteiger partial charge on any atom is -0.477 e. The molecule has 0 bridgehead atoms. The number of fused-ring (bicyclic) bond motifs is 1. The van der Waals surface area contributed by atoms with Crippen LogP contribution in [-0.4, -0.2) is 89.1 Å². The van der Waals surface area contributed by atoms with Crippen molar-refractivity contribution in [2.45, 2.75) is 24.7 Å². The molecule has 2 saturated heterocycles. The highest BCUT2D eigenvalue weighted by molar-refractivity contribution is 6.31. The molecule has 1 aromatic carbocycles. The van der Waals surface area contributed by atoms with E-state index in [1.165, 1.54) is 12.3 Å². The molecule has 6 rings (SSSR count). The number of carbonyl (C=O) groups is 1. The fourth-order valence-corrected chi connectivity index (χ4v) is 5.87. The van der Waals surface area contributed by atoms with Crippen LogP contribution in [0.2, 0.25) is 5.02 Å². The van der Waals surface area contributed by atoms with Crippen LogP contribution in [0.1, 0.15) is 22.3 Å². The van der Waals surface area contributed by atoms with Crippen molar-refractivity contribution in [3.05, 3.63) is 81.4 Å². The molecule has 4 aromatic rings. The lowest BCUT2D eigenvalue weighted by atomic mass is 10.0. The largest absolute Gasteiger partial charge is 0.477 e. The molecular formula is C31H29ClFN7O4. The van der Waals surface area contributed by atoms with Crippen molar-refractivity contribution in [2.75, 3.05) is 50.1 Å². The van der Waals surface area contributed by atoms with Gasteiger partial charge in [-0.2, -0.15) is 5.26 Å². The van der Waals surface area contributed by atoms with Crippen LogP contribution < -0.4 is 20.0 Å². The van der Waals surface area contributed by atoms with Gasteiger partial charge in [0, 0.05) is 49.9 Å². The molecule has 13 heteroatoms. The average molecular weight is 618 g/mol. The fraction of sp³-hybridized carbons (Fsp3) is 0.323. The molecule has 0 amide bonds. The fourth-order valence-electron chi connectivity index (χ4n) is 5.70. The van der Waals surface area contributed by atoms with E-state index in [9.17, 15) is 24.3 Å². The van der Waals surface area contributed by atoms with E-state index in [0.29, 0.717) is 28.0 Å². The van der Waals surface area contributed by atoms with E-state index in [4.69, 9.17) is 16.3 Å². The molecule has 11 nitrogen and oxygen atoms in total. The highest BCUT2D eigenvalue weighted by Crippen LogP contribution is 2.34. The third-order valence-corrected chi connectivity index (χ3v) is 8.50. The van der Waals surface area contributed by atoms with Gasteiger partial charge in [0.1, 0.15) is 35.3 Å². The number of halogens is 2. The number of alkyl halides is 1. The monoisotopic (exact) mass is 617 g/mol. The second kappa shape index (κ2) is 11.7. The first-order valence-electron chi connectivity index (χ1n) is 14.0. The number of carboxylic acid groups (broad SMARTS) is 1. The quantitative estimate of drug-likeness (QED) is 0.312. The molecular weight excluding hydrogens is 589 g/mol. The lowest BCUT2D eigenvalue weighted by Gasteiger charge is -2.43. The third kappa shape index (κ3) is 5.40. The van der Waals surface area contributed by atoms with E-state index in [-0.39, 0.29) is 36.4 Å². The summed E-state index contributed by atoms with van der Waals surface area (Å²) in [6.45, 7) is 1.74. The number of aromatic nitrogens is 3. The number of hydrogen-bond donors (Lipinski definition) is 1. The zero-order chi connectivity index (χ0) is 31.1. The standard InChI is InChI=1S/C31H29ClFN7O4/c1-37(2)22-14-38(15-22)28-6-5-20(12-36-28)40-16-24(31(42)43)29(41)23-8-18(11-34)26(10-27(23)40)39-13-19(33)9-21(39)17-44-30-25(32)4-3-7-35-30/h3-8,10,12,16,19,21-22H,9,13-15,17H2,1-2H3,(H,42,43)/t19-,21+/m0/s1. The van der Waals surface area contributed by atoms with Crippen LogP contribution in [-0.2, 0) is 0 Å². The Labute approximate surface area is 257 Å². The number of hydrogen-bond acceptors (Lipinski definition) is 9. The molecule has 44 heavy (non-hydrogen) atoms. The lowest BCUT2D eigenvalue weighted by Crippen LogP contribution is -2.57. The van der Waals surface area contributed by atoms with Crippen molar-refractivity contribution < 1.29 is 19.0 Å². The molecule has 2 atom stereocenters. The van der Waals surface area contributed by atoms with Crippen molar-refractivity contribution in [1.82, 2.24) is 19.4 Å². The molecule has 1 N–H and O–H groups in total. The number of ether oxygens (including phenoxy) is 1. The molecule has 226 valence electrons. The van der Waals surface area contributed by atoms with E-state index in [2.05, 4.69) is 25.8 Å². The number of nitriles is 1. The first kappa shape index (κ1) is 29.3. The van der Waals surface area contributed by atoms with Crippen molar-refractivity contribution in [3.63, 3.8) is 0 Å². The third-order valence-electron chi connectivity index (χ3n) is 8.21. The maximum Gasteiger partial charge on any atom is 0.341 e. The van der Waals surface area contributed by atoms with E-state index in [1.807, 2.05) is 20.2 Å². The van der Waals surface area contributed by atoms with Gasteiger partial charge in [-0.1, -0.05) is 11.6 Å². The number of pyridine rings is 3. The van der Waals surface area contributed by atoms with E-state index in [0.717, 1.165) is 18.9 Å². The maximum atomic E-state index is 14.9. The minimum absolute atomic E-state index is 0.00162. The van der Waals surface area contributed by atoms with Gasteiger partial charge in [-0.25, -0.2) is 19.2 Å². The highest BCUT2D eigenvalue weighted by Gasteiger charge is 2.35. The Morgan fingerprint density at radius 1 is 1.23 bits per heavy atom. The smallest absolute Gasteiger partial charge is 0.341 e. The Hall–Kier alpha value is -4.73. The van der Waals surface area contributed by atoms with Crippen LogP contribution in [0.3, 0.4) is 0 Å². The summed E-state index contributed by atoms with van der Waals surface area (Å²) in [5.41, 5.74) is 0.225. The van der Waals surface area contributed by atoms with Gasteiger partial charge < -0.3 is 29.1 Å². The number of aromatic carboxylic acids is 1. The lowest BCUT2D eigenvalue weighted by molar-refractivity contribution is 0.0695. The highest BCUT2D eigenvalue weighted by atomic mass is 35.5. The van der Waals surface area contributed by atoms with Crippen molar-refractivity contribution in [2.24, 2.45) is 0 Å². The second-order valence-corrected chi connectivity index (χ2v) is 11.6. The number of carboxylic acids is 1. The van der Waals surface area contributed by atoms with Crippen LogP contribution >= 0.6 is 11.6 Å². The number of benzene rings is 1. The molecule has 0 unspecified atom stereocenters. The molecule has 3 aromatic heterocycles. The molecule has 0 spiro atoms. The van der Waals surface area contributed by atoms with Gasteiger partial charge in [0.05, 0.1) is 34.7 Å². The number of anilines is 2. The summed E-state index contributed by atoms with van der Waals surface area (Å²) in [7, 11) is 4.07. The first-order chi connectivity index (χ1) is 21.1. The SMILES string of the molecule is CN(C)C1CN(c2ccc(-n3cc(C(=O)O)c(=O)c4cc(C#N)c(N5C[C@@H](F)C[C@@H]5COc5ncccc5Cl)cc43)cn2)C1. The van der Waals surface area contributed by atoms with Crippen LogP contribution in [0.4, 0.5) is 15.9 Å². The van der Waals surface area contributed by atoms with Gasteiger partial charge in [0.25, 0.3) is 0 Å². The van der Waals surface area contributed by atoms with Gasteiger partial charge >= 0.3 is 5.97 Å². The minimum atomic E-state index is -1.39. The van der Waals surface area contributed by atoms with Crippen LogP contribution in [0, 0.1) is 11.3 Å². The topological polar surface area (TPSA) is 128 Å². The number of nitrogens with zero attached hydrogens (tertiary/aromatic N) is 7. The Morgan fingerprint density at radius 3 is 2.68 bits per heavy atom. The molecule has 2 aliphatic rings. The second-order valence-electron chi connectivity index (χ2n) is 11.2. The van der Waals surface area contributed by atoms with Gasteiger partial charge in [-0.3, -0.25) is 4.79 Å². The summed E-state index contributed by atoms with van der Waals surface area (Å²) >= 11 is 6.19. The van der Waals surface area contributed by atoms with Gasteiger partial charge in [-0.05, 0) is 50.5 Å². The molecule has 2 fully saturated rings. The van der Waals surface area contributed by atoms with Crippen LogP contribution in [0.25, 0.3) is 16.6 Å². The molecule has 0 saturated carbocycles. The zero-order valence-electron chi connectivity index (χ0n) is 24.0. The molecule has 0 aliphatic carbocycles. The molecule has 2 aliphatic heterocycles. The normalized spacial score (nSPS) is 18.5.